The summed E-state index contributed by atoms with van der Waals surface area (Å²) in [6.07, 6.45) is 0. The molecule has 23 heavy (non-hydrogen) atoms. The highest BCUT2D eigenvalue weighted by atomic mass is 16.9. The zero-order valence-electron chi connectivity index (χ0n) is 12.7. The van der Waals surface area contributed by atoms with Crippen LogP contribution in [0.2, 0.25) is 0 Å². The standard InChI is InChI=1S/C15H15N3O.NO3/c1-3-17-12-8-15-13(6-9(12)2)18-11-5-4-10(16)7-14(11)19-15;2-1(3)4/h4-8H,3,16H2,1-2H3;/q;-1/p+1. The average Bonchev–Trinajstić information content (AvgIpc) is 2.46. The van der Waals surface area contributed by atoms with Gasteiger partial charge >= 0.3 is 0 Å². The van der Waals surface area contributed by atoms with Gasteiger partial charge in [-0.15, -0.1) is 0 Å². The van der Waals surface area contributed by atoms with Gasteiger partial charge < -0.3 is 25.5 Å². The molecule has 0 saturated heterocycles. The number of fused-ring (bicyclic) bond motifs is 2. The number of benzene rings is 2. The predicted molar refractivity (Wildman–Crippen MR) is 84.8 cm³/mol. The second kappa shape index (κ2) is 6.73. The van der Waals surface area contributed by atoms with E-state index in [1.54, 1.807) is 6.07 Å². The quantitative estimate of drug-likeness (QED) is 0.292. The molecule has 2 aliphatic rings. The largest absolute Gasteiger partial charge is 0.452 e. The van der Waals surface area contributed by atoms with E-state index in [4.69, 9.17) is 25.5 Å². The molecule has 0 bridgehead atoms. The number of aromatic nitrogens is 1. The molecule has 1 heterocycles. The molecule has 0 unspecified atom stereocenters. The molecule has 3 N–H and O–H groups in total. The number of rotatable bonds is 1. The van der Waals surface area contributed by atoms with Crippen molar-refractivity contribution in [1.82, 2.24) is 4.98 Å². The zero-order chi connectivity index (χ0) is 17.0. The van der Waals surface area contributed by atoms with Crippen LogP contribution in [0.5, 0.6) is 0 Å². The summed E-state index contributed by atoms with van der Waals surface area (Å²) in [5, 5.41) is 15.8. The number of hydrogen-bond donors (Lipinski definition) is 2. The van der Waals surface area contributed by atoms with Crippen LogP contribution in [0, 0.1) is 22.2 Å². The Morgan fingerprint density at radius 1 is 1.30 bits per heavy atom. The Morgan fingerprint density at radius 2 is 2.00 bits per heavy atom. The molecule has 1 aliphatic carbocycles. The fourth-order valence-electron chi connectivity index (χ4n) is 2.18. The van der Waals surface area contributed by atoms with E-state index >= 15 is 0 Å². The Hall–Kier alpha value is -3.16. The number of nitrogen functional groups attached to an aromatic ring is 1. The Kier molecular flexibility index (Phi) is 4.75. The number of anilines is 1. The van der Waals surface area contributed by atoms with E-state index in [2.05, 4.69) is 23.8 Å². The molecule has 0 spiro atoms. The monoisotopic (exact) mass is 316 g/mol. The van der Waals surface area contributed by atoms with Gasteiger partial charge in [0.2, 0.25) is 5.36 Å². The smallest absolute Gasteiger partial charge is 0.205 e. The SMILES string of the molecule is CC[NH+]=c1cc2oc3cc(N)ccc3nc-2cc1C.O=[N+]([O-])[O-]. The molecule has 0 radical (unpaired) electrons. The van der Waals surface area contributed by atoms with Crippen LogP contribution in [-0.2, 0) is 0 Å². The van der Waals surface area contributed by atoms with Gasteiger partial charge in [0.1, 0.15) is 17.8 Å². The highest BCUT2D eigenvalue weighted by Crippen LogP contribution is 2.25. The summed E-state index contributed by atoms with van der Waals surface area (Å²) >= 11 is 0. The first-order valence-electron chi connectivity index (χ1n) is 6.90. The maximum absolute atomic E-state index is 8.25. The van der Waals surface area contributed by atoms with Gasteiger partial charge in [0.05, 0.1) is 11.2 Å². The summed E-state index contributed by atoms with van der Waals surface area (Å²) in [5.74, 6) is 0.764. The van der Waals surface area contributed by atoms with Crippen LogP contribution in [0.15, 0.2) is 34.7 Å². The summed E-state index contributed by atoms with van der Waals surface area (Å²) in [5.41, 5.74) is 9.99. The van der Waals surface area contributed by atoms with Crippen LogP contribution >= 0.6 is 0 Å². The molecule has 1 aromatic carbocycles. The molecule has 8 heteroatoms. The van der Waals surface area contributed by atoms with Crippen molar-refractivity contribution in [2.45, 2.75) is 13.8 Å². The Balaban J connectivity index is 0.000000433. The minimum Gasteiger partial charge on any atom is -0.452 e. The lowest BCUT2D eigenvalue weighted by Gasteiger charge is -2.06. The highest BCUT2D eigenvalue weighted by molar-refractivity contribution is 5.79. The molecule has 0 fully saturated rings. The topological polar surface area (TPSA) is 132 Å². The van der Waals surface area contributed by atoms with E-state index in [-0.39, 0.29) is 0 Å². The molecular formula is C15H16N4O4. The normalized spacial score (nSPS) is 11.3. The number of nitrogens with one attached hydrogen (secondary N) is 1. The van der Waals surface area contributed by atoms with Crippen molar-refractivity contribution in [1.29, 1.82) is 0 Å². The zero-order valence-corrected chi connectivity index (χ0v) is 12.7. The van der Waals surface area contributed by atoms with Gasteiger partial charge in [-0.05, 0) is 32.0 Å². The van der Waals surface area contributed by atoms with E-state index < -0.39 is 5.09 Å². The van der Waals surface area contributed by atoms with Crippen molar-refractivity contribution in [3.8, 4) is 11.5 Å². The third kappa shape index (κ3) is 3.94. The first kappa shape index (κ1) is 16.2. The summed E-state index contributed by atoms with van der Waals surface area (Å²) in [4.78, 5) is 16.2. The fourth-order valence-corrected chi connectivity index (χ4v) is 2.18. The molecule has 0 amide bonds. The van der Waals surface area contributed by atoms with E-state index in [1.807, 2.05) is 24.3 Å². The Morgan fingerprint density at radius 3 is 2.65 bits per heavy atom. The molecule has 0 atom stereocenters. The van der Waals surface area contributed by atoms with Gasteiger partial charge in [0.25, 0.3) is 0 Å². The molecule has 1 aromatic rings. The summed E-state index contributed by atoms with van der Waals surface area (Å²) < 4.78 is 5.89. The van der Waals surface area contributed by atoms with Gasteiger partial charge in [-0.1, -0.05) is 0 Å². The summed E-state index contributed by atoms with van der Waals surface area (Å²) in [6.45, 7) is 5.01. The van der Waals surface area contributed by atoms with Crippen LogP contribution in [0.4, 0.5) is 5.69 Å². The van der Waals surface area contributed by atoms with Crippen LogP contribution in [0.3, 0.4) is 0 Å². The van der Waals surface area contributed by atoms with Crippen LogP contribution in [-0.4, -0.2) is 16.6 Å². The van der Waals surface area contributed by atoms with Gasteiger partial charge in [0, 0.05) is 17.3 Å². The predicted octanol–water partition coefficient (Wildman–Crippen LogP) is 0.585. The number of hydrogen-bond acceptors (Lipinski definition) is 6. The van der Waals surface area contributed by atoms with E-state index in [0.29, 0.717) is 11.3 Å². The Bertz CT molecular complexity index is 884. The minimum absolute atomic E-state index is 0.677. The second-order valence-electron chi connectivity index (χ2n) is 4.83. The molecule has 120 valence electrons. The van der Waals surface area contributed by atoms with Gasteiger partial charge in [-0.3, -0.25) is 0 Å². The molecule has 1 aliphatic heterocycles. The second-order valence-corrected chi connectivity index (χ2v) is 4.83. The molecular weight excluding hydrogens is 300 g/mol. The minimum atomic E-state index is -1.75. The molecule has 3 rings (SSSR count). The number of aryl methyl sites for hydroxylation is 1. The summed E-state index contributed by atoms with van der Waals surface area (Å²) in [6, 6.07) is 9.53. The van der Waals surface area contributed by atoms with E-state index in [1.165, 1.54) is 0 Å². The summed E-state index contributed by atoms with van der Waals surface area (Å²) in [7, 11) is 0. The van der Waals surface area contributed by atoms with Gasteiger partial charge in [-0.2, -0.15) is 0 Å². The molecule has 8 nitrogen and oxygen atoms in total. The third-order valence-electron chi connectivity index (χ3n) is 3.12. The van der Waals surface area contributed by atoms with E-state index in [0.717, 1.165) is 34.4 Å². The maximum atomic E-state index is 8.25. The Labute approximate surface area is 131 Å². The van der Waals surface area contributed by atoms with Gasteiger partial charge in [-0.25, -0.2) is 9.98 Å². The lowest BCUT2D eigenvalue weighted by Crippen LogP contribution is -2.76. The van der Waals surface area contributed by atoms with Crippen molar-refractivity contribution < 1.29 is 14.5 Å². The van der Waals surface area contributed by atoms with Crippen LogP contribution in [0.25, 0.3) is 22.6 Å². The maximum Gasteiger partial charge on any atom is 0.205 e. The van der Waals surface area contributed by atoms with E-state index in [9.17, 15) is 0 Å². The molecule has 0 saturated carbocycles. The van der Waals surface area contributed by atoms with Crippen molar-refractivity contribution in [2.75, 3.05) is 12.3 Å². The lowest BCUT2D eigenvalue weighted by atomic mass is 10.1. The average molecular weight is 316 g/mol. The van der Waals surface area contributed by atoms with Crippen LogP contribution < -0.4 is 16.1 Å². The lowest BCUT2D eigenvalue weighted by molar-refractivity contribution is -0.496. The number of nitrogens with zero attached hydrogens (tertiary/aromatic N) is 2. The van der Waals surface area contributed by atoms with Crippen LogP contribution in [0.1, 0.15) is 12.5 Å². The third-order valence-corrected chi connectivity index (χ3v) is 3.12. The fraction of sp³-hybridized carbons (Fsp3) is 0.200. The van der Waals surface area contributed by atoms with Crippen molar-refractivity contribution in [2.24, 2.45) is 0 Å². The number of nitrogens with two attached hydrogens (primary N) is 1. The van der Waals surface area contributed by atoms with Crippen molar-refractivity contribution >= 4 is 16.8 Å². The van der Waals surface area contributed by atoms with Gasteiger partial charge in [0.15, 0.2) is 11.3 Å². The first-order valence-corrected chi connectivity index (χ1v) is 6.90. The highest BCUT2D eigenvalue weighted by Gasteiger charge is 2.12. The molecule has 0 aromatic heterocycles. The van der Waals surface area contributed by atoms with Crippen molar-refractivity contribution in [3.63, 3.8) is 0 Å². The van der Waals surface area contributed by atoms with Crippen molar-refractivity contribution in [3.05, 3.63) is 56.6 Å². The first-order chi connectivity index (χ1) is 10.9.